The van der Waals surface area contributed by atoms with Crippen molar-refractivity contribution in [1.82, 2.24) is 35.0 Å². The molecule has 1 aliphatic carbocycles. The highest BCUT2D eigenvalue weighted by Crippen LogP contribution is 2.31. The number of urea groups is 1. The Balaban J connectivity index is 1.17. The Bertz CT molecular complexity index is 1860. The van der Waals surface area contributed by atoms with Gasteiger partial charge in [-0.25, -0.2) is 19.7 Å². The summed E-state index contributed by atoms with van der Waals surface area (Å²) in [5.74, 6) is 0.908. The second-order valence-corrected chi connectivity index (χ2v) is 11.8. The predicted octanol–water partition coefficient (Wildman–Crippen LogP) is 5.28. The number of carbonyl (C=O) groups excluding carboxylic acids is 1. The number of hydrogen-bond donors (Lipinski definition) is 2. The number of carbonyl (C=O) groups is 1. The van der Waals surface area contributed by atoms with Crippen LogP contribution in [0.25, 0.3) is 21.8 Å². The number of amides is 2. The first-order valence-corrected chi connectivity index (χ1v) is 15.3. The molecule has 5 aromatic rings. The van der Waals surface area contributed by atoms with Crippen LogP contribution in [0.5, 0.6) is 0 Å². The molecule has 6 rings (SSSR count). The summed E-state index contributed by atoms with van der Waals surface area (Å²) < 4.78 is 1.71. The van der Waals surface area contributed by atoms with E-state index >= 15 is 0 Å². The van der Waals surface area contributed by atoms with Crippen molar-refractivity contribution in [3.63, 3.8) is 0 Å². The Morgan fingerprint density at radius 3 is 2.49 bits per heavy atom. The van der Waals surface area contributed by atoms with Gasteiger partial charge >= 0.3 is 6.03 Å². The molecule has 4 heterocycles. The molecule has 1 aliphatic rings. The average Bonchev–Trinajstić information content (AvgIpc) is 3.75. The highest BCUT2D eigenvalue weighted by atomic mass is 32.1. The number of aryl methyl sites for hydroxylation is 1. The number of benzene rings is 1. The van der Waals surface area contributed by atoms with Crippen molar-refractivity contribution in [3.8, 4) is 34.0 Å². The molecule has 1 fully saturated rings. The third-order valence-corrected chi connectivity index (χ3v) is 8.64. The minimum Gasteiger partial charge on any atom is -0.351 e. The number of hydrogen-bond acceptors (Lipinski definition) is 10. The zero-order chi connectivity index (χ0) is 31.2. The van der Waals surface area contributed by atoms with Crippen LogP contribution < -0.4 is 15.5 Å². The minimum atomic E-state index is -0.230. The van der Waals surface area contributed by atoms with Gasteiger partial charge in [0.2, 0.25) is 5.95 Å². The van der Waals surface area contributed by atoms with E-state index in [1.807, 2.05) is 43.6 Å². The van der Waals surface area contributed by atoms with E-state index in [2.05, 4.69) is 47.8 Å². The van der Waals surface area contributed by atoms with Gasteiger partial charge in [-0.15, -0.1) is 11.3 Å². The van der Waals surface area contributed by atoms with E-state index in [9.17, 15) is 15.3 Å². The largest absolute Gasteiger partial charge is 0.351 e. The number of anilines is 2. The number of nitriles is 2. The van der Waals surface area contributed by atoms with Crippen LogP contribution in [0.3, 0.4) is 0 Å². The van der Waals surface area contributed by atoms with Crippen LogP contribution in [0.2, 0.25) is 0 Å². The van der Waals surface area contributed by atoms with Crippen LogP contribution in [0.15, 0.2) is 73.4 Å². The van der Waals surface area contributed by atoms with E-state index in [0.717, 1.165) is 41.7 Å². The zero-order valence-electron chi connectivity index (χ0n) is 24.5. The third kappa shape index (κ3) is 6.79. The summed E-state index contributed by atoms with van der Waals surface area (Å²) >= 11 is 1.29. The second-order valence-electron chi connectivity index (χ2n) is 10.7. The fourth-order valence-electron chi connectivity index (χ4n) is 5.37. The number of aromatic nitrogens is 6. The fraction of sp³-hybridized carbons (Fsp3) is 0.250. The molecule has 224 valence electrons. The topological polar surface area (TPSA) is 161 Å². The molecule has 0 bridgehead atoms. The first-order chi connectivity index (χ1) is 22.0. The van der Waals surface area contributed by atoms with E-state index in [1.165, 1.54) is 17.5 Å². The molecular weight excluding hydrogens is 586 g/mol. The molecular formula is C32H29N11OS. The molecule has 12 nitrogen and oxygen atoms in total. The molecule has 0 radical (unpaired) electrons. The van der Waals surface area contributed by atoms with Gasteiger partial charge in [-0.05, 0) is 43.4 Å². The van der Waals surface area contributed by atoms with Gasteiger partial charge in [-0.3, -0.25) is 14.6 Å². The smallest absolute Gasteiger partial charge is 0.323 e. The molecule has 0 unspecified atom stereocenters. The molecule has 1 saturated carbocycles. The van der Waals surface area contributed by atoms with Crippen LogP contribution in [0.4, 0.5) is 16.6 Å². The van der Waals surface area contributed by atoms with Crippen LogP contribution in [-0.4, -0.2) is 47.8 Å². The lowest BCUT2D eigenvalue weighted by Gasteiger charge is -2.36. The molecule has 2 amide bonds. The summed E-state index contributed by atoms with van der Waals surface area (Å²) in [4.78, 5) is 34.9. The van der Waals surface area contributed by atoms with Gasteiger partial charge in [0, 0.05) is 37.4 Å². The Morgan fingerprint density at radius 2 is 1.82 bits per heavy atom. The lowest BCUT2D eigenvalue weighted by Crippen LogP contribution is -2.49. The normalized spacial score (nSPS) is 15.9. The molecule has 0 spiro atoms. The maximum atomic E-state index is 13.7. The quantitative estimate of drug-likeness (QED) is 0.237. The van der Waals surface area contributed by atoms with Gasteiger partial charge in [0.15, 0.2) is 5.82 Å². The van der Waals surface area contributed by atoms with Gasteiger partial charge in [-0.2, -0.15) is 15.6 Å². The molecule has 4 aromatic heterocycles. The molecule has 0 saturated heterocycles. The predicted molar refractivity (Wildman–Crippen MR) is 170 cm³/mol. The van der Waals surface area contributed by atoms with Crippen LogP contribution in [-0.2, 0) is 13.6 Å². The summed E-state index contributed by atoms with van der Waals surface area (Å²) in [7, 11) is 1.84. The minimum absolute atomic E-state index is 0.0771. The van der Waals surface area contributed by atoms with Gasteiger partial charge < -0.3 is 10.6 Å². The van der Waals surface area contributed by atoms with Crippen LogP contribution in [0.1, 0.15) is 41.7 Å². The van der Waals surface area contributed by atoms with E-state index in [0.29, 0.717) is 40.1 Å². The molecule has 2 N–H and O–H groups in total. The second kappa shape index (κ2) is 13.3. The van der Waals surface area contributed by atoms with Gasteiger partial charge in [-0.1, -0.05) is 30.3 Å². The van der Waals surface area contributed by atoms with E-state index in [1.54, 1.807) is 40.3 Å². The van der Waals surface area contributed by atoms with Crippen molar-refractivity contribution in [2.24, 2.45) is 7.05 Å². The van der Waals surface area contributed by atoms with E-state index in [4.69, 9.17) is 0 Å². The molecule has 45 heavy (non-hydrogen) atoms. The van der Waals surface area contributed by atoms with Crippen molar-refractivity contribution in [2.45, 2.75) is 44.3 Å². The average molecular weight is 616 g/mol. The summed E-state index contributed by atoms with van der Waals surface area (Å²) in [5.41, 5.74) is 3.39. The fourth-order valence-corrected chi connectivity index (χ4v) is 6.18. The maximum absolute atomic E-state index is 13.7. The molecule has 0 aliphatic heterocycles. The number of thiophene rings is 1. The molecule has 13 heteroatoms. The molecule has 0 atom stereocenters. The Hall–Kier alpha value is -5.66. The Kier molecular flexibility index (Phi) is 8.71. The van der Waals surface area contributed by atoms with E-state index < -0.39 is 0 Å². The third-order valence-electron chi connectivity index (χ3n) is 7.64. The summed E-state index contributed by atoms with van der Waals surface area (Å²) in [6, 6.07) is 17.3. The SMILES string of the molecule is Cn1cc(-c2cnc(N(C(=O)NCc3ccccc3)C3CCC(Nc4ncc(C#N)c(-c5ccc(C#N)s5)n4)CC3)cn2)cn1. The highest BCUT2D eigenvalue weighted by Gasteiger charge is 2.31. The van der Waals surface area contributed by atoms with Crippen molar-refractivity contribution in [1.29, 1.82) is 10.5 Å². The van der Waals surface area contributed by atoms with Crippen LogP contribution >= 0.6 is 11.3 Å². The highest BCUT2D eigenvalue weighted by molar-refractivity contribution is 7.16. The van der Waals surface area contributed by atoms with Gasteiger partial charge in [0.25, 0.3) is 0 Å². The number of nitrogens with one attached hydrogen (secondary N) is 2. The zero-order valence-corrected chi connectivity index (χ0v) is 25.3. The lowest BCUT2D eigenvalue weighted by molar-refractivity contribution is 0.240. The summed E-state index contributed by atoms with van der Waals surface area (Å²) in [5, 5.41) is 29.5. The van der Waals surface area contributed by atoms with Crippen molar-refractivity contribution < 1.29 is 4.79 Å². The van der Waals surface area contributed by atoms with Crippen molar-refractivity contribution in [2.75, 3.05) is 10.2 Å². The lowest BCUT2D eigenvalue weighted by atomic mass is 9.90. The van der Waals surface area contributed by atoms with Gasteiger partial charge in [0.1, 0.15) is 22.7 Å². The number of nitrogens with zero attached hydrogens (tertiary/aromatic N) is 9. The first-order valence-electron chi connectivity index (χ1n) is 14.5. The van der Waals surface area contributed by atoms with Gasteiger partial charge in [0.05, 0.1) is 40.9 Å². The van der Waals surface area contributed by atoms with Crippen molar-refractivity contribution in [3.05, 3.63) is 89.5 Å². The van der Waals surface area contributed by atoms with Crippen LogP contribution in [0, 0.1) is 22.7 Å². The first kappa shape index (κ1) is 29.4. The Labute approximate surface area is 264 Å². The summed E-state index contributed by atoms with van der Waals surface area (Å²) in [6.07, 6.45) is 11.4. The monoisotopic (exact) mass is 615 g/mol. The Morgan fingerprint density at radius 1 is 1.00 bits per heavy atom. The maximum Gasteiger partial charge on any atom is 0.323 e. The standard InChI is InChI=1S/C32H29N11OS/c1-42-20-23(17-39-42)27-18-36-29(19-35-27)43(32(44)38-15-21-5-3-2-4-6-21)25-9-7-24(8-10-25)40-31-37-16-22(13-33)30(41-31)28-12-11-26(14-34)45-28/h2-6,11-12,16-20,24-25H,7-10,15H2,1H3,(H,38,44)(H,37,40,41). The van der Waals surface area contributed by atoms with Crippen molar-refractivity contribution >= 4 is 29.1 Å². The summed E-state index contributed by atoms with van der Waals surface area (Å²) in [6.45, 7) is 0.396. The van der Waals surface area contributed by atoms with E-state index in [-0.39, 0.29) is 18.1 Å². The molecule has 1 aromatic carbocycles. The number of rotatable bonds is 8.